The topological polar surface area (TPSA) is 110 Å². The Balaban J connectivity index is 4.17. The Bertz CT molecular complexity index is 229. The molecule has 0 heterocycles. The molecule has 3 N–H and O–H groups in total. The smallest absolute Gasteiger partial charge is 0.329 e. The summed E-state index contributed by atoms with van der Waals surface area (Å²) < 4.78 is 0. The molecule has 0 fully saturated rings. The number of aliphatic hydroxyl groups is 2. The summed E-state index contributed by atoms with van der Waals surface area (Å²) in [5.74, 6) is -0.251. The van der Waals surface area contributed by atoms with Gasteiger partial charge in [-0.3, -0.25) is 0 Å². The van der Waals surface area contributed by atoms with Crippen molar-refractivity contribution in [1.82, 2.24) is 5.01 Å². The maximum Gasteiger partial charge on any atom is 0.329 e. The van der Waals surface area contributed by atoms with Gasteiger partial charge in [0, 0.05) is 25.5 Å². The molecule has 1 atom stereocenters. The van der Waals surface area contributed by atoms with Crippen molar-refractivity contribution in [2.75, 3.05) is 31.3 Å². The minimum absolute atomic E-state index is 0.0604. The van der Waals surface area contributed by atoms with Crippen LogP contribution in [0.15, 0.2) is 5.29 Å². The number of carboxylic acid groups (broad SMARTS) is 1. The first-order chi connectivity index (χ1) is 8.17. The van der Waals surface area contributed by atoms with Crippen LogP contribution < -0.4 is 0 Å². The van der Waals surface area contributed by atoms with E-state index in [4.69, 9.17) is 15.3 Å². The number of nitrogens with zero attached hydrogens (tertiary/aromatic N) is 2. The van der Waals surface area contributed by atoms with Crippen molar-refractivity contribution in [1.29, 1.82) is 0 Å². The summed E-state index contributed by atoms with van der Waals surface area (Å²) in [6.07, 6.45) is 0.888. The van der Waals surface area contributed by atoms with Gasteiger partial charge in [0.05, 0.1) is 5.29 Å². The van der Waals surface area contributed by atoms with Crippen molar-refractivity contribution in [3.05, 3.63) is 4.91 Å². The van der Waals surface area contributed by atoms with Crippen LogP contribution in [0.25, 0.3) is 0 Å². The van der Waals surface area contributed by atoms with Gasteiger partial charge >= 0.3 is 5.97 Å². The zero-order chi connectivity index (χ0) is 13.1. The molecule has 0 aliphatic rings. The first-order valence-corrected chi connectivity index (χ1v) is 6.45. The zero-order valence-corrected chi connectivity index (χ0v) is 10.3. The summed E-state index contributed by atoms with van der Waals surface area (Å²) in [5.41, 5.74) is 0. The fourth-order valence-corrected chi connectivity index (χ4v) is 2.17. The van der Waals surface area contributed by atoms with Gasteiger partial charge in [0.15, 0.2) is 6.04 Å². The van der Waals surface area contributed by atoms with E-state index in [0.29, 0.717) is 18.6 Å². The van der Waals surface area contributed by atoms with E-state index in [-0.39, 0.29) is 25.5 Å². The summed E-state index contributed by atoms with van der Waals surface area (Å²) >= 11 is 1.35. The molecule has 0 aromatic heterocycles. The summed E-state index contributed by atoms with van der Waals surface area (Å²) in [7, 11) is 0. The molecule has 0 spiro atoms. The third-order valence-electron chi connectivity index (χ3n) is 2.02. The van der Waals surface area contributed by atoms with E-state index in [1.54, 1.807) is 0 Å². The molecule has 0 rings (SSSR count). The molecule has 0 radical (unpaired) electrons. The van der Waals surface area contributed by atoms with Crippen LogP contribution in [0.5, 0.6) is 0 Å². The summed E-state index contributed by atoms with van der Waals surface area (Å²) in [6, 6.07) is -0.984. The minimum atomic E-state index is -1.11. The predicted molar refractivity (Wildman–Crippen MR) is 64.7 cm³/mol. The van der Waals surface area contributed by atoms with Gasteiger partial charge < -0.3 is 15.3 Å². The van der Waals surface area contributed by atoms with Crippen LogP contribution in [0.3, 0.4) is 0 Å². The van der Waals surface area contributed by atoms with E-state index in [1.807, 2.05) is 0 Å². The van der Waals surface area contributed by atoms with E-state index in [0.717, 1.165) is 5.01 Å². The van der Waals surface area contributed by atoms with E-state index in [9.17, 15) is 9.70 Å². The van der Waals surface area contributed by atoms with Gasteiger partial charge in [0.2, 0.25) is 0 Å². The second kappa shape index (κ2) is 10.3. The number of rotatable bonds is 11. The lowest BCUT2D eigenvalue weighted by Gasteiger charge is -2.22. The van der Waals surface area contributed by atoms with Crippen molar-refractivity contribution >= 4 is 17.7 Å². The largest absolute Gasteiger partial charge is 0.480 e. The van der Waals surface area contributed by atoms with Crippen LogP contribution in [-0.4, -0.2) is 63.6 Å². The van der Waals surface area contributed by atoms with Crippen molar-refractivity contribution < 1.29 is 20.1 Å². The number of carbonyl (C=O) groups is 1. The molecular weight excluding hydrogens is 248 g/mol. The Morgan fingerprint density at radius 1 is 1.29 bits per heavy atom. The van der Waals surface area contributed by atoms with Gasteiger partial charge in [-0.15, -0.1) is 4.91 Å². The van der Waals surface area contributed by atoms with E-state index >= 15 is 0 Å². The molecule has 100 valence electrons. The fraction of sp³-hybridized carbons (Fsp3) is 0.889. The molecule has 0 aromatic rings. The van der Waals surface area contributed by atoms with Gasteiger partial charge in [-0.1, -0.05) is 0 Å². The number of carboxylic acids is 1. The van der Waals surface area contributed by atoms with E-state index in [1.165, 1.54) is 11.8 Å². The summed E-state index contributed by atoms with van der Waals surface area (Å²) in [6.45, 7) is 0.0679. The highest BCUT2D eigenvalue weighted by Crippen LogP contribution is 2.11. The molecule has 0 aromatic carbocycles. The Labute approximate surface area is 104 Å². The molecule has 0 saturated carbocycles. The first kappa shape index (κ1) is 16.1. The number of aliphatic carboxylic acids is 1. The lowest BCUT2D eigenvalue weighted by atomic mass is 10.3. The number of hydrogen-bond acceptors (Lipinski definition) is 6. The van der Waals surface area contributed by atoms with Crippen molar-refractivity contribution in [3.63, 3.8) is 0 Å². The van der Waals surface area contributed by atoms with E-state index < -0.39 is 12.0 Å². The van der Waals surface area contributed by atoms with Crippen LogP contribution in [0.4, 0.5) is 0 Å². The van der Waals surface area contributed by atoms with Crippen LogP contribution in [0.2, 0.25) is 0 Å². The lowest BCUT2D eigenvalue weighted by Crippen LogP contribution is -2.40. The lowest BCUT2D eigenvalue weighted by molar-refractivity contribution is -0.142. The molecule has 8 heteroatoms. The molecule has 0 unspecified atom stereocenters. The zero-order valence-electron chi connectivity index (χ0n) is 9.49. The fourth-order valence-electron chi connectivity index (χ4n) is 1.13. The predicted octanol–water partition coefficient (Wildman–Crippen LogP) is -0.0790. The van der Waals surface area contributed by atoms with Crippen LogP contribution in [0.1, 0.15) is 12.8 Å². The summed E-state index contributed by atoms with van der Waals surface area (Å²) in [5, 5.41) is 29.8. The Kier molecular flexibility index (Phi) is 9.78. The third-order valence-corrected chi connectivity index (χ3v) is 3.15. The molecule has 0 aliphatic heterocycles. The average Bonchev–Trinajstić information content (AvgIpc) is 2.32. The van der Waals surface area contributed by atoms with Gasteiger partial charge in [0.25, 0.3) is 0 Å². The van der Waals surface area contributed by atoms with Crippen molar-refractivity contribution in [3.8, 4) is 0 Å². The molecule has 7 nitrogen and oxygen atoms in total. The molecule has 0 saturated heterocycles. The Morgan fingerprint density at radius 3 is 2.41 bits per heavy atom. The molecule has 17 heavy (non-hydrogen) atoms. The minimum Gasteiger partial charge on any atom is -0.480 e. The second-order valence-electron chi connectivity index (χ2n) is 3.33. The first-order valence-electron chi connectivity index (χ1n) is 5.29. The normalized spacial score (nSPS) is 12.1. The van der Waals surface area contributed by atoms with Crippen molar-refractivity contribution in [2.24, 2.45) is 5.29 Å². The van der Waals surface area contributed by atoms with Gasteiger partial charge in [-0.05, 0) is 18.6 Å². The summed E-state index contributed by atoms with van der Waals surface area (Å²) in [4.78, 5) is 21.5. The molecule has 0 amide bonds. The van der Waals surface area contributed by atoms with Crippen LogP contribution in [-0.2, 0) is 4.79 Å². The quantitative estimate of drug-likeness (QED) is 0.272. The Morgan fingerprint density at radius 2 is 1.94 bits per heavy atom. The molecule has 0 bridgehead atoms. The molecular formula is C9H18N2O5S. The standard InChI is InChI=1S/C9H18N2O5S/c12-4-1-3-11(10-16)8(9(14)15)7-17-6-2-5-13/h8,12-13H,1-7H2,(H,14,15)/t8-/m0/s1. The van der Waals surface area contributed by atoms with Crippen molar-refractivity contribution in [2.45, 2.75) is 18.9 Å². The monoisotopic (exact) mass is 266 g/mol. The highest BCUT2D eigenvalue weighted by molar-refractivity contribution is 7.99. The number of aliphatic hydroxyl groups excluding tert-OH is 2. The van der Waals surface area contributed by atoms with Gasteiger partial charge in [-0.2, -0.15) is 11.8 Å². The Hall–Kier alpha value is -0.860. The number of hydrogen-bond donors (Lipinski definition) is 3. The highest BCUT2D eigenvalue weighted by Gasteiger charge is 2.25. The van der Waals surface area contributed by atoms with Gasteiger partial charge in [-0.25, -0.2) is 9.80 Å². The van der Waals surface area contributed by atoms with Gasteiger partial charge in [0.1, 0.15) is 0 Å². The number of thioether (sulfide) groups is 1. The van der Waals surface area contributed by atoms with E-state index in [2.05, 4.69) is 5.29 Å². The second-order valence-corrected chi connectivity index (χ2v) is 4.48. The maximum absolute atomic E-state index is 11.0. The van der Waals surface area contributed by atoms with Crippen LogP contribution >= 0.6 is 11.8 Å². The highest BCUT2D eigenvalue weighted by atomic mass is 32.2. The maximum atomic E-state index is 11.0. The van der Waals surface area contributed by atoms with Crippen LogP contribution in [0, 0.1) is 4.91 Å². The number of nitroso groups, excluding NO2 is 1. The molecule has 0 aliphatic carbocycles. The SMILES string of the molecule is O=NN(CCCO)[C@@H](CSCCCO)C(=O)O. The third kappa shape index (κ3) is 7.14. The average molecular weight is 266 g/mol.